The normalized spacial score (nSPS) is 33.1. The number of nitrogens with zero attached hydrogens (tertiary/aromatic N) is 1. The van der Waals surface area contributed by atoms with Crippen molar-refractivity contribution in [2.45, 2.75) is 37.5 Å². The number of halogens is 3. The van der Waals surface area contributed by atoms with Gasteiger partial charge in [-0.3, -0.25) is 4.79 Å². The number of oxazole rings is 1. The maximum absolute atomic E-state index is 12.3. The summed E-state index contributed by atoms with van der Waals surface area (Å²) >= 11 is 0. The van der Waals surface area contributed by atoms with Crippen LogP contribution in [-0.4, -0.2) is 23.0 Å². The van der Waals surface area contributed by atoms with E-state index in [1.807, 2.05) is 0 Å². The van der Waals surface area contributed by atoms with Gasteiger partial charge in [-0.15, -0.1) is 0 Å². The SMILES string of the molecule is NC1CC12CC(NC(=O)c1coc(C(F)(F)F)n1)C2. The highest BCUT2D eigenvalue weighted by atomic mass is 19.4. The second-order valence-electron chi connectivity index (χ2n) is 5.29. The molecular weight excluding hydrogens is 263 g/mol. The maximum atomic E-state index is 12.3. The van der Waals surface area contributed by atoms with Crippen molar-refractivity contribution in [3.8, 4) is 0 Å². The molecule has 1 aromatic rings. The number of carbonyl (C=O) groups excluding carboxylic acids is 1. The lowest BCUT2D eigenvalue weighted by molar-refractivity contribution is -0.157. The van der Waals surface area contributed by atoms with Gasteiger partial charge < -0.3 is 15.5 Å². The summed E-state index contributed by atoms with van der Waals surface area (Å²) in [5, 5.41) is 2.63. The van der Waals surface area contributed by atoms with Crippen LogP contribution in [0.15, 0.2) is 10.7 Å². The van der Waals surface area contributed by atoms with E-state index in [1.165, 1.54) is 0 Å². The van der Waals surface area contributed by atoms with Crippen LogP contribution < -0.4 is 11.1 Å². The molecule has 2 fully saturated rings. The quantitative estimate of drug-likeness (QED) is 0.852. The number of amides is 1. The van der Waals surface area contributed by atoms with Crippen LogP contribution >= 0.6 is 0 Å². The van der Waals surface area contributed by atoms with Gasteiger partial charge in [0.05, 0.1) is 0 Å². The number of hydrogen-bond acceptors (Lipinski definition) is 4. The zero-order valence-corrected chi connectivity index (χ0v) is 9.83. The summed E-state index contributed by atoms with van der Waals surface area (Å²) in [6.07, 6.45) is -1.44. The van der Waals surface area contributed by atoms with E-state index in [4.69, 9.17) is 5.73 Å². The van der Waals surface area contributed by atoms with E-state index in [0.29, 0.717) is 0 Å². The topological polar surface area (TPSA) is 81.1 Å². The monoisotopic (exact) mass is 275 g/mol. The largest absolute Gasteiger partial charge is 0.468 e. The zero-order valence-electron chi connectivity index (χ0n) is 9.83. The first kappa shape index (κ1) is 12.5. The summed E-state index contributed by atoms with van der Waals surface area (Å²) in [4.78, 5) is 14.8. The highest BCUT2D eigenvalue weighted by Gasteiger charge is 2.60. The minimum atomic E-state index is -4.68. The van der Waals surface area contributed by atoms with Crippen molar-refractivity contribution in [2.24, 2.45) is 11.1 Å². The van der Waals surface area contributed by atoms with E-state index in [-0.39, 0.29) is 23.2 Å². The number of alkyl halides is 3. The Morgan fingerprint density at radius 2 is 2.11 bits per heavy atom. The van der Waals surface area contributed by atoms with Gasteiger partial charge in [0.2, 0.25) is 0 Å². The van der Waals surface area contributed by atoms with Crippen molar-refractivity contribution < 1.29 is 22.4 Å². The molecule has 1 unspecified atom stereocenters. The lowest BCUT2D eigenvalue weighted by Gasteiger charge is -2.36. The molecule has 1 aromatic heterocycles. The van der Waals surface area contributed by atoms with E-state index in [9.17, 15) is 18.0 Å². The molecule has 2 aliphatic carbocycles. The van der Waals surface area contributed by atoms with Gasteiger partial charge >= 0.3 is 12.1 Å². The van der Waals surface area contributed by atoms with E-state index in [2.05, 4.69) is 14.7 Å². The molecule has 1 heterocycles. The van der Waals surface area contributed by atoms with Gasteiger partial charge in [-0.25, -0.2) is 4.98 Å². The second-order valence-corrected chi connectivity index (χ2v) is 5.29. The lowest BCUT2D eigenvalue weighted by atomic mass is 9.76. The van der Waals surface area contributed by atoms with Crippen molar-refractivity contribution >= 4 is 5.91 Å². The number of hydrogen-bond donors (Lipinski definition) is 2. The Balaban J connectivity index is 1.58. The molecule has 5 nitrogen and oxygen atoms in total. The Morgan fingerprint density at radius 3 is 2.58 bits per heavy atom. The molecular formula is C11H12F3N3O2. The molecule has 0 saturated heterocycles. The molecule has 2 saturated carbocycles. The molecule has 0 bridgehead atoms. The molecule has 3 rings (SSSR count). The average molecular weight is 275 g/mol. The summed E-state index contributed by atoms with van der Waals surface area (Å²) in [5.74, 6) is -2.06. The van der Waals surface area contributed by atoms with Crippen molar-refractivity contribution in [2.75, 3.05) is 0 Å². The predicted molar refractivity (Wildman–Crippen MR) is 57.0 cm³/mol. The first-order valence-electron chi connectivity index (χ1n) is 5.89. The third-order valence-corrected chi connectivity index (χ3v) is 3.87. The Labute approximate surface area is 106 Å². The third kappa shape index (κ3) is 2.09. The van der Waals surface area contributed by atoms with Gasteiger partial charge in [-0.2, -0.15) is 13.2 Å². The van der Waals surface area contributed by atoms with Crippen molar-refractivity contribution in [1.29, 1.82) is 0 Å². The van der Waals surface area contributed by atoms with Crippen molar-refractivity contribution in [1.82, 2.24) is 10.3 Å². The number of rotatable bonds is 2. The molecule has 19 heavy (non-hydrogen) atoms. The Hall–Kier alpha value is -1.57. The number of carbonyl (C=O) groups is 1. The van der Waals surface area contributed by atoms with Gasteiger partial charge in [0.25, 0.3) is 5.91 Å². The van der Waals surface area contributed by atoms with Crippen LogP contribution in [0, 0.1) is 5.41 Å². The van der Waals surface area contributed by atoms with E-state index in [1.54, 1.807) is 0 Å². The highest BCUT2D eigenvalue weighted by molar-refractivity contribution is 5.92. The summed E-state index contributed by atoms with van der Waals surface area (Å²) in [5.41, 5.74) is 5.57. The number of nitrogens with two attached hydrogens (primary N) is 1. The Morgan fingerprint density at radius 1 is 1.47 bits per heavy atom. The van der Waals surface area contributed by atoms with Gasteiger partial charge in [-0.05, 0) is 24.7 Å². The van der Waals surface area contributed by atoms with Crippen LogP contribution in [-0.2, 0) is 6.18 Å². The molecule has 1 amide bonds. The molecule has 8 heteroatoms. The molecule has 3 N–H and O–H groups in total. The average Bonchev–Trinajstić information content (AvgIpc) is 2.76. The van der Waals surface area contributed by atoms with Gasteiger partial charge in [0, 0.05) is 12.1 Å². The lowest BCUT2D eigenvalue weighted by Crippen LogP contribution is -2.47. The Bertz CT molecular complexity index is 520. The van der Waals surface area contributed by atoms with Crippen LogP contribution in [0.2, 0.25) is 0 Å². The summed E-state index contributed by atoms with van der Waals surface area (Å²) in [6, 6.07) is 0.164. The van der Waals surface area contributed by atoms with Gasteiger partial charge in [0.1, 0.15) is 6.26 Å². The van der Waals surface area contributed by atoms with Crippen LogP contribution in [0.1, 0.15) is 35.6 Å². The number of nitrogens with one attached hydrogen (secondary N) is 1. The summed E-state index contributed by atoms with van der Waals surface area (Å²) in [6.45, 7) is 0. The maximum Gasteiger partial charge on any atom is 0.468 e. The fourth-order valence-corrected chi connectivity index (χ4v) is 2.64. The number of aromatic nitrogens is 1. The van der Waals surface area contributed by atoms with Gasteiger partial charge in [0.15, 0.2) is 5.69 Å². The van der Waals surface area contributed by atoms with Crippen LogP contribution in [0.25, 0.3) is 0 Å². The van der Waals surface area contributed by atoms with Gasteiger partial charge in [-0.1, -0.05) is 0 Å². The van der Waals surface area contributed by atoms with Crippen molar-refractivity contribution in [3.05, 3.63) is 17.8 Å². The van der Waals surface area contributed by atoms with E-state index in [0.717, 1.165) is 25.5 Å². The molecule has 1 spiro atoms. The van der Waals surface area contributed by atoms with E-state index < -0.39 is 18.0 Å². The zero-order chi connectivity index (χ0) is 13.8. The van der Waals surface area contributed by atoms with Crippen LogP contribution in [0.5, 0.6) is 0 Å². The Kier molecular flexibility index (Phi) is 2.44. The molecule has 2 aliphatic rings. The predicted octanol–water partition coefficient (Wildman–Crippen LogP) is 1.30. The first-order valence-corrected chi connectivity index (χ1v) is 5.89. The third-order valence-electron chi connectivity index (χ3n) is 3.87. The molecule has 0 aromatic carbocycles. The smallest absolute Gasteiger partial charge is 0.441 e. The molecule has 0 aliphatic heterocycles. The molecule has 104 valence electrons. The molecule has 0 radical (unpaired) electrons. The minimum Gasteiger partial charge on any atom is -0.441 e. The van der Waals surface area contributed by atoms with Crippen LogP contribution in [0.3, 0.4) is 0 Å². The van der Waals surface area contributed by atoms with Crippen molar-refractivity contribution in [3.63, 3.8) is 0 Å². The first-order chi connectivity index (χ1) is 8.80. The van der Waals surface area contributed by atoms with E-state index >= 15 is 0 Å². The standard InChI is InChI=1S/C11H12F3N3O2/c12-11(13,14)9-17-6(4-19-9)8(18)16-5-1-10(2-5)3-7(10)15/h4-5,7H,1-3,15H2,(H,16,18). The fourth-order valence-electron chi connectivity index (χ4n) is 2.64. The fraction of sp³-hybridized carbons (Fsp3) is 0.636. The summed E-state index contributed by atoms with van der Waals surface area (Å²) in [7, 11) is 0. The minimum absolute atomic E-state index is 0.0351. The molecule has 1 atom stereocenters. The van der Waals surface area contributed by atoms with Crippen LogP contribution in [0.4, 0.5) is 13.2 Å². The second kappa shape index (κ2) is 3.72. The highest BCUT2D eigenvalue weighted by Crippen LogP contribution is 2.59. The summed E-state index contributed by atoms with van der Waals surface area (Å²) < 4.78 is 41.0.